The molecule has 132 valence electrons. The van der Waals surface area contributed by atoms with E-state index in [0.717, 1.165) is 28.2 Å². The van der Waals surface area contributed by atoms with Crippen LogP contribution in [0.25, 0.3) is 11.0 Å². The van der Waals surface area contributed by atoms with Crippen LogP contribution in [-0.4, -0.2) is 46.2 Å². The summed E-state index contributed by atoms with van der Waals surface area (Å²) in [5.74, 6) is 0.684. The highest BCUT2D eigenvalue weighted by atomic mass is 16.3. The number of pyridine rings is 1. The zero-order valence-electron chi connectivity index (χ0n) is 15.2. The predicted molar refractivity (Wildman–Crippen MR) is 95.5 cm³/mol. The average molecular weight is 341 g/mol. The molecule has 0 saturated heterocycles. The number of furan rings is 1. The highest BCUT2D eigenvalue weighted by Gasteiger charge is 2.21. The molecular weight excluding hydrogens is 318 g/mol. The van der Waals surface area contributed by atoms with Gasteiger partial charge in [0, 0.05) is 19.3 Å². The molecule has 7 heteroatoms. The fraction of sp³-hybridized carbons (Fsp3) is 0.389. The molecule has 1 amide bonds. The molecule has 3 rings (SSSR count). The molecule has 3 aromatic heterocycles. The number of hydrogen-bond acceptors (Lipinski definition) is 5. The van der Waals surface area contributed by atoms with E-state index in [1.807, 2.05) is 58.1 Å². The fourth-order valence-electron chi connectivity index (χ4n) is 3.05. The number of carbonyl (C=O) groups is 1. The van der Waals surface area contributed by atoms with Crippen LogP contribution in [0.2, 0.25) is 0 Å². The van der Waals surface area contributed by atoms with E-state index in [1.165, 1.54) is 0 Å². The molecule has 0 spiro atoms. The Bertz CT molecular complexity index is 896. The van der Waals surface area contributed by atoms with Gasteiger partial charge in [-0.2, -0.15) is 5.10 Å². The summed E-state index contributed by atoms with van der Waals surface area (Å²) in [6.45, 7) is 4.22. The number of amides is 1. The van der Waals surface area contributed by atoms with Gasteiger partial charge in [-0.3, -0.25) is 14.4 Å². The highest BCUT2D eigenvalue weighted by Crippen LogP contribution is 2.22. The van der Waals surface area contributed by atoms with Crippen molar-refractivity contribution < 1.29 is 9.21 Å². The van der Waals surface area contributed by atoms with Crippen LogP contribution >= 0.6 is 0 Å². The molecule has 1 unspecified atom stereocenters. The number of nitrogens with zero attached hydrogens (tertiary/aromatic N) is 4. The minimum Gasteiger partial charge on any atom is -0.468 e. The average Bonchev–Trinajstić information content (AvgIpc) is 3.16. The van der Waals surface area contributed by atoms with Crippen LogP contribution in [-0.2, 0) is 7.05 Å². The number of hydrogen-bond donors (Lipinski definition) is 1. The standard InChI is InChI=1S/C18H23N5O2/c1-11-9-13(16-12(2)21-23(5)17(16)20-11)18(24)19-10-14(22(3)4)15-7-6-8-25-15/h6-9,14H,10H2,1-5H3,(H,19,24). The van der Waals surface area contributed by atoms with E-state index in [-0.39, 0.29) is 11.9 Å². The Morgan fingerprint density at radius 2 is 2.16 bits per heavy atom. The SMILES string of the molecule is Cc1cc(C(=O)NCC(c2ccco2)N(C)C)c2c(C)nn(C)c2n1. The number of likely N-dealkylation sites (N-methyl/N-ethyl adjacent to an activating group) is 1. The molecule has 25 heavy (non-hydrogen) atoms. The molecule has 0 saturated carbocycles. The maximum Gasteiger partial charge on any atom is 0.252 e. The second-order valence-electron chi connectivity index (χ2n) is 6.42. The van der Waals surface area contributed by atoms with E-state index in [4.69, 9.17) is 4.42 Å². The van der Waals surface area contributed by atoms with Crippen LogP contribution in [0.15, 0.2) is 28.9 Å². The highest BCUT2D eigenvalue weighted by molar-refractivity contribution is 6.06. The molecule has 0 aromatic carbocycles. The van der Waals surface area contributed by atoms with Gasteiger partial charge in [-0.1, -0.05) is 0 Å². The topological polar surface area (TPSA) is 76.2 Å². The number of carbonyl (C=O) groups excluding carboxylic acids is 1. The predicted octanol–water partition coefficient (Wildman–Crippen LogP) is 2.21. The first-order valence-corrected chi connectivity index (χ1v) is 8.17. The van der Waals surface area contributed by atoms with Crippen molar-refractivity contribution in [3.05, 3.63) is 47.2 Å². The Hall–Kier alpha value is -2.67. The van der Waals surface area contributed by atoms with Crippen molar-refractivity contribution in [3.8, 4) is 0 Å². The second-order valence-corrected chi connectivity index (χ2v) is 6.42. The van der Waals surface area contributed by atoms with Crippen LogP contribution in [0, 0.1) is 13.8 Å². The van der Waals surface area contributed by atoms with E-state index in [9.17, 15) is 4.79 Å². The number of aromatic nitrogens is 3. The van der Waals surface area contributed by atoms with E-state index in [2.05, 4.69) is 15.4 Å². The molecule has 7 nitrogen and oxygen atoms in total. The van der Waals surface area contributed by atoms with Crippen molar-refractivity contribution in [2.45, 2.75) is 19.9 Å². The Labute approximate surface area is 146 Å². The van der Waals surface area contributed by atoms with Gasteiger partial charge < -0.3 is 9.73 Å². The number of rotatable bonds is 5. The summed E-state index contributed by atoms with van der Waals surface area (Å²) in [6, 6.07) is 5.54. The van der Waals surface area contributed by atoms with Crippen molar-refractivity contribution >= 4 is 16.9 Å². The first kappa shape index (κ1) is 17.2. The lowest BCUT2D eigenvalue weighted by atomic mass is 10.1. The Morgan fingerprint density at radius 3 is 2.80 bits per heavy atom. The third-order valence-electron chi connectivity index (χ3n) is 4.29. The van der Waals surface area contributed by atoms with E-state index in [0.29, 0.717) is 12.1 Å². The van der Waals surface area contributed by atoms with Gasteiger partial charge in [-0.05, 0) is 46.1 Å². The Kier molecular flexibility index (Phi) is 4.59. The van der Waals surface area contributed by atoms with Gasteiger partial charge in [-0.25, -0.2) is 4.98 Å². The zero-order valence-corrected chi connectivity index (χ0v) is 15.2. The third kappa shape index (κ3) is 3.28. The molecule has 0 aliphatic heterocycles. The summed E-state index contributed by atoms with van der Waals surface area (Å²) in [5, 5.41) is 8.20. The van der Waals surface area contributed by atoms with Crippen LogP contribution < -0.4 is 5.32 Å². The number of fused-ring (bicyclic) bond motifs is 1. The minimum atomic E-state index is -0.134. The zero-order chi connectivity index (χ0) is 18.1. The maximum atomic E-state index is 12.8. The lowest BCUT2D eigenvalue weighted by molar-refractivity contribution is 0.0940. The van der Waals surface area contributed by atoms with Crippen molar-refractivity contribution in [1.82, 2.24) is 25.0 Å². The Balaban J connectivity index is 1.88. The summed E-state index contributed by atoms with van der Waals surface area (Å²) >= 11 is 0. The van der Waals surface area contributed by atoms with Crippen LogP contribution in [0.3, 0.4) is 0 Å². The summed E-state index contributed by atoms with van der Waals surface area (Å²) < 4.78 is 7.20. The molecule has 0 radical (unpaired) electrons. The molecule has 3 aromatic rings. The summed E-state index contributed by atoms with van der Waals surface area (Å²) in [5.41, 5.74) is 2.91. The fourth-order valence-corrected chi connectivity index (χ4v) is 3.05. The lowest BCUT2D eigenvalue weighted by Gasteiger charge is -2.22. The smallest absolute Gasteiger partial charge is 0.252 e. The molecule has 0 aliphatic rings. The van der Waals surface area contributed by atoms with Crippen LogP contribution in [0.4, 0.5) is 0 Å². The van der Waals surface area contributed by atoms with E-state index in [1.54, 1.807) is 10.9 Å². The number of aryl methyl sites for hydroxylation is 3. The van der Waals surface area contributed by atoms with Crippen LogP contribution in [0.5, 0.6) is 0 Å². The van der Waals surface area contributed by atoms with E-state index < -0.39 is 0 Å². The van der Waals surface area contributed by atoms with Crippen molar-refractivity contribution in [1.29, 1.82) is 0 Å². The second kappa shape index (κ2) is 6.68. The summed E-state index contributed by atoms with van der Waals surface area (Å²) in [6.07, 6.45) is 1.64. The quantitative estimate of drug-likeness (QED) is 0.770. The molecule has 3 heterocycles. The lowest BCUT2D eigenvalue weighted by Crippen LogP contribution is -2.34. The first-order chi connectivity index (χ1) is 11.9. The normalized spacial score (nSPS) is 12.7. The first-order valence-electron chi connectivity index (χ1n) is 8.17. The monoisotopic (exact) mass is 341 g/mol. The van der Waals surface area contributed by atoms with Gasteiger partial charge >= 0.3 is 0 Å². The van der Waals surface area contributed by atoms with Gasteiger partial charge in [0.1, 0.15) is 5.76 Å². The molecule has 0 bridgehead atoms. The maximum absolute atomic E-state index is 12.8. The largest absolute Gasteiger partial charge is 0.468 e. The van der Waals surface area contributed by atoms with Crippen LogP contribution in [0.1, 0.15) is 33.5 Å². The molecule has 1 N–H and O–H groups in total. The van der Waals surface area contributed by atoms with Gasteiger partial charge in [0.25, 0.3) is 5.91 Å². The van der Waals surface area contributed by atoms with Gasteiger partial charge in [-0.15, -0.1) is 0 Å². The molecule has 0 aliphatic carbocycles. The Morgan fingerprint density at radius 1 is 1.40 bits per heavy atom. The number of nitrogens with one attached hydrogen (secondary N) is 1. The van der Waals surface area contributed by atoms with Gasteiger partial charge in [0.2, 0.25) is 0 Å². The van der Waals surface area contributed by atoms with Gasteiger partial charge in [0.05, 0.1) is 28.9 Å². The summed E-state index contributed by atoms with van der Waals surface area (Å²) in [7, 11) is 5.75. The summed E-state index contributed by atoms with van der Waals surface area (Å²) in [4.78, 5) is 19.4. The third-order valence-corrected chi connectivity index (χ3v) is 4.29. The van der Waals surface area contributed by atoms with E-state index >= 15 is 0 Å². The molecular formula is C18H23N5O2. The van der Waals surface area contributed by atoms with Crippen molar-refractivity contribution in [2.75, 3.05) is 20.6 Å². The molecule has 1 atom stereocenters. The van der Waals surface area contributed by atoms with Gasteiger partial charge in [0.15, 0.2) is 5.65 Å². The van der Waals surface area contributed by atoms with Crippen molar-refractivity contribution in [2.24, 2.45) is 7.05 Å². The molecule has 0 fully saturated rings. The minimum absolute atomic E-state index is 0.0348. The van der Waals surface area contributed by atoms with Crippen molar-refractivity contribution in [3.63, 3.8) is 0 Å².